The first-order chi connectivity index (χ1) is 5.43. The monoisotopic (exact) mass is 172 g/mol. The van der Waals surface area contributed by atoms with Crippen LogP contribution in [0.25, 0.3) is 0 Å². The molecule has 0 aliphatic rings. The Morgan fingerprint density at radius 3 is 2.33 bits per heavy atom. The Morgan fingerprint density at radius 2 is 2.00 bits per heavy atom. The summed E-state index contributed by atoms with van der Waals surface area (Å²) in [4.78, 5) is 11.1. The zero-order chi connectivity index (χ0) is 9.78. The molecule has 0 radical (unpaired) electrons. The first-order valence-corrected chi connectivity index (χ1v) is 4.50. The Bertz CT molecular complexity index is 150. The van der Waals surface area contributed by atoms with Crippen LogP contribution >= 0.6 is 0 Å². The predicted molar refractivity (Wildman–Crippen MR) is 49.9 cm³/mol. The minimum absolute atomic E-state index is 0.0185. The largest absolute Gasteiger partial charge is 0.469 e. The third-order valence-electron chi connectivity index (χ3n) is 2.42. The Kier molecular flexibility index (Phi) is 4.29. The average molecular weight is 172 g/mol. The first kappa shape index (κ1) is 11.5. The van der Waals surface area contributed by atoms with Gasteiger partial charge in [-0.3, -0.25) is 4.79 Å². The van der Waals surface area contributed by atoms with E-state index in [9.17, 15) is 4.79 Å². The molecule has 72 valence electrons. The van der Waals surface area contributed by atoms with Crippen molar-refractivity contribution < 1.29 is 9.53 Å². The zero-order valence-electron chi connectivity index (χ0n) is 8.81. The highest BCUT2D eigenvalue weighted by atomic mass is 16.5. The van der Waals surface area contributed by atoms with Crippen molar-refractivity contribution in [1.82, 2.24) is 0 Å². The number of methoxy groups -OCH3 is 1. The van der Waals surface area contributed by atoms with E-state index in [0.29, 0.717) is 0 Å². The molecule has 0 fully saturated rings. The van der Waals surface area contributed by atoms with E-state index in [-0.39, 0.29) is 17.3 Å². The summed E-state index contributed by atoms with van der Waals surface area (Å²) in [6, 6.07) is 0. The van der Waals surface area contributed by atoms with E-state index in [1.54, 1.807) is 0 Å². The van der Waals surface area contributed by atoms with Crippen molar-refractivity contribution in [3.05, 3.63) is 0 Å². The van der Waals surface area contributed by atoms with Gasteiger partial charge in [0.05, 0.1) is 13.0 Å². The second kappa shape index (κ2) is 4.48. The fraction of sp³-hybridized carbons (Fsp3) is 0.900. The lowest BCUT2D eigenvalue weighted by molar-refractivity contribution is -0.145. The average Bonchev–Trinajstić information content (AvgIpc) is 2.02. The van der Waals surface area contributed by atoms with Gasteiger partial charge >= 0.3 is 5.97 Å². The van der Waals surface area contributed by atoms with Crippen molar-refractivity contribution in [2.75, 3.05) is 7.11 Å². The lowest BCUT2D eigenvalue weighted by Gasteiger charge is -2.25. The summed E-state index contributed by atoms with van der Waals surface area (Å²) in [7, 11) is 1.44. The Hall–Kier alpha value is -0.530. The highest BCUT2D eigenvalue weighted by Crippen LogP contribution is 2.28. The van der Waals surface area contributed by atoms with Gasteiger partial charge in [0.1, 0.15) is 0 Å². The van der Waals surface area contributed by atoms with Crippen LogP contribution < -0.4 is 0 Å². The number of hydrogen-bond donors (Lipinski definition) is 0. The van der Waals surface area contributed by atoms with Crippen molar-refractivity contribution in [1.29, 1.82) is 0 Å². The molecule has 0 saturated heterocycles. The maximum Gasteiger partial charge on any atom is 0.308 e. The molecule has 0 bridgehead atoms. The smallest absolute Gasteiger partial charge is 0.308 e. The topological polar surface area (TPSA) is 26.3 Å². The fourth-order valence-corrected chi connectivity index (χ4v) is 1.26. The Morgan fingerprint density at radius 1 is 1.50 bits per heavy atom. The van der Waals surface area contributed by atoms with Gasteiger partial charge in [-0.05, 0) is 11.8 Å². The van der Waals surface area contributed by atoms with Crippen molar-refractivity contribution in [2.45, 2.75) is 40.5 Å². The first-order valence-electron chi connectivity index (χ1n) is 4.50. The van der Waals surface area contributed by atoms with Crippen LogP contribution in [0.2, 0.25) is 0 Å². The summed E-state index contributed by atoms with van der Waals surface area (Å²) >= 11 is 0. The number of rotatable bonds is 4. The molecule has 0 rings (SSSR count). The van der Waals surface area contributed by atoms with Gasteiger partial charge in [0, 0.05) is 0 Å². The molecule has 0 N–H and O–H groups in total. The van der Waals surface area contributed by atoms with Gasteiger partial charge in [0.2, 0.25) is 0 Å². The van der Waals surface area contributed by atoms with Gasteiger partial charge in [0.15, 0.2) is 0 Å². The van der Waals surface area contributed by atoms with E-state index in [1.807, 2.05) is 6.92 Å². The summed E-state index contributed by atoms with van der Waals surface area (Å²) < 4.78 is 4.66. The number of ether oxygens (including phenoxy) is 1. The van der Waals surface area contributed by atoms with Gasteiger partial charge < -0.3 is 4.74 Å². The van der Waals surface area contributed by atoms with Gasteiger partial charge in [-0.1, -0.05) is 34.1 Å². The van der Waals surface area contributed by atoms with Crippen LogP contribution in [0.1, 0.15) is 40.5 Å². The number of hydrogen-bond acceptors (Lipinski definition) is 2. The molecule has 2 heteroatoms. The summed E-state index contributed by atoms with van der Waals surface area (Å²) in [5.74, 6) is -0.0820. The fourth-order valence-electron chi connectivity index (χ4n) is 1.26. The number of carbonyl (C=O) groups is 1. The molecule has 0 heterocycles. The molecule has 1 unspecified atom stereocenters. The van der Waals surface area contributed by atoms with E-state index >= 15 is 0 Å². The van der Waals surface area contributed by atoms with Crippen LogP contribution in [0.5, 0.6) is 0 Å². The van der Waals surface area contributed by atoms with Crippen molar-refractivity contribution in [2.24, 2.45) is 11.3 Å². The van der Waals surface area contributed by atoms with Crippen molar-refractivity contribution >= 4 is 5.97 Å². The van der Waals surface area contributed by atoms with E-state index in [0.717, 1.165) is 12.8 Å². The van der Waals surface area contributed by atoms with Gasteiger partial charge in [-0.2, -0.15) is 0 Å². The summed E-state index contributed by atoms with van der Waals surface area (Å²) in [5.41, 5.74) is 0.244. The Balaban J connectivity index is 3.99. The van der Waals surface area contributed by atoms with E-state index < -0.39 is 0 Å². The molecular weight excluding hydrogens is 152 g/mol. The number of esters is 1. The predicted octanol–water partition coefficient (Wildman–Crippen LogP) is 2.62. The Labute approximate surface area is 75.3 Å². The van der Waals surface area contributed by atoms with Crippen LogP contribution in [0.15, 0.2) is 0 Å². The van der Waals surface area contributed by atoms with Crippen LogP contribution in [0.4, 0.5) is 0 Å². The molecular formula is C10H20O2. The lowest BCUT2D eigenvalue weighted by Crippen LogP contribution is -2.21. The summed E-state index contributed by atoms with van der Waals surface area (Å²) in [5, 5.41) is 0. The molecule has 1 atom stereocenters. The SMILES string of the molecule is CCC(C)(C)CC(C)C(=O)OC. The quantitative estimate of drug-likeness (QED) is 0.609. The highest BCUT2D eigenvalue weighted by Gasteiger charge is 2.23. The van der Waals surface area contributed by atoms with Gasteiger partial charge in [-0.25, -0.2) is 0 Å². The molecule has 0 aliphatic carbocycles. The second-order valence-electron chi connectivity index (χ2n) is 4.15. The van der Waals surface area contributed by atoms with Crippen molar-refractivity contribution in [3.63, 3.8) is 0 Å². The summed E-state index contributed by atoms with van der Waals surface area (Å²) in [6.45, 7) is 8.41. The molecule has 12 heavy (non-hydrogen) atoms. The standard InChI is InChI=1S/C10H20O2/c1-6-10(3,4)7-8(2)9(11)12-5/h8H,6-7H2,1-5H3. The molecule has 2 nitrogen and oxygen atoms in total. The molecule has 0 aromatic heterocycles. The minimum Gasteiger partial charge on any atom is -0.469 e. The third-order valence-corrected chi connectivity index (χ3v) is 2.42. The van der Waals surface area contributed by atoms with Crippen molar-refractivity contribution in [3.8, 4) is 0 Å². The van der Waals surface area contributed by atoms with E-state index in [1.165, 1.54) is 7.11 Å². The van der Waals surface area contributed by atoms with E-state index in [2.05, 4.69) is 25.5 Å². The molecule has 0 amide bonds. The normalized spacial score (nSPS) is 14.1. The molecule has 0 spiro atoms. The maximum absolute atomic E-state index is 11.1. The second-order valence-corrected chi connectivity index (χ2v) is 4.15. The van der Waals surface area contributed by atoms with Crippen LogP contribution in [0, 0.1) is 11.3 Å². The number of carbonyl (C=O) groups excluding carboxylic acids is 1. The molecule has 0 saturated carbocycles. The van der Waals surface area contributed by atoms with E-state index in [4.69, 9.17) is 0 Å². The lowest BCUT2D eigenvalue weighted by atomic mass is 9.81. The molecule has 0 aromatic rings. The maximum atomic E-state index is 11.1. The molecule has 0 aromatic carbocycles. The molecule has 0 aliphatic heterocycles. The van der Waals surface area contributed by atoms with Gasteiger partial charge in [-0.15, -0.1) is 0 Å². The minimum atomic E-state index is -0.100. The highest BCUT2D eigenvalue weighted by molar-refractivity contribution is 5.71. The van der Waals surface area contributed by atoms with Crippen LogP contribution in [-0.2, 0) is 9.53 Å². The zero-order valence-corrected chi connectivity index (χ0v) is 8.81. The third kappa shape index (κ3) is 3.74. The van der Waals surface area contributed by atoms with Crippen LogP contribution in [0.3, 0.4) is 0 Å². The van der Waals surface area contributed by atoms with Crippen LogP contribution in [-0.4, -0.2) is 13.1 Å². The summed E-state index contributed by atoms with van der Waals surface area (Å²) in [6.07, 6.45) is 1.99. The van der Waals surface area contributed by atoms with Gasteiger partial charge in [0.25, 0.3) is 0 Å².